The van der Waals surface area contributed by atoms with Gasteiger partial charge in [-0.15, -0.1) is 4.33 Å². The highest BCUT2D eigenvalue weighted by molar-refractivity contribution is 7.94. The molecule has 0 amide bonds. The zero-order valence-corrected chi connectivity index (χ0v) is 17.2. The fourth-order valence-corrected chi connectivity index (χ4v) is 2.54. The van der Waals surface area contributed by atoms with E-state index < -0.39 is 11.7 Å². The van der Waals surface area contributed by atoms with Crippen molar-refractivity contribution in [1.82, 2.24) is 0 Å². The number of carbonyl (C=O) groups is 1. The monoisotopic (exact) mass is 449 g/mol. The maximum Gasteiger partial charge on any atom is 0.339 e. The van der Waals surface area contributed by atoms with Crippen LogP contribution >= 0.6 is 12.0 Å². The van der Waals surface area contributed by atoms with Crippen molar-refractivity contribution >= 4 is 35.1 Å². The van der Waals surface area contributed by atoms with Crippen LogP contribution in [0, 0.1) is 6.92 Å². The zero-order chi connectivity index (χ0) is 23.4. The first-order chi connectivity index (χ1) is 14.6. The molecule has 3 rings (SSSR count). The molecule has 0 aliphatic rings. The quantitative estimate of drug-likeness (QED) is 0.0767. The number of phenolic OH excluding ortho intramolecular Hbond substituents is 1. The molecule has 0 heterocycles. The molecule has 10 N–H and O–H groups in total. The molecule has 0 aliphatic carbocycles. The maximum absolute atomic E-state index is 10.7. The van der Waals surface area contributed by atoms with Crippen molar-refractivity contribution in [2.45, 2.75) is 11.8 Å². The molecule has 0 aliphatic heterocycles. The van der Waals surface area contributed by atoms with Crippen LogP contribution in [-0.2, 0) is 9.37 Å². The largest absolute Gasteiger partial charge is 0.506 e. The molecule has 3 aromatic rings. The summed E-state index contributed by atoms with van der Waals surface area (Å²) >= 11 is 0.427. The standard InChI is InChI=1S/C7H7NO6S.C7H9N.C6H7NO/c8-3-1-4(7(10)11)6(9)5(2-3)15-14-13-12;1-6-3-2-4-7(8)5-6;7-5-3-1-2-4-6(5)8/h1-2,9,12H,8H2,(H,10,11);2-5H,8H2,1H3;1-4,8H,7H2. The molecule has 0 radical (unpaired) electrons. The number of carboxylic acids is 1. The van der Waals surface area contributed by atoms with Gasteiger partial charge in [-0.2, -0.15) is 0 Å². The van der Waals surface area contributed by atoms with E-state index in [0.29, 0.717) is 17.7 Å². The lowest BCUT2D eigenvalue weighted by Crippen LogP contribution is -2.00. The third kappa shape index (κ3) is 9.14. The molecule has 0 bridgehead atoms. The SMILES string of the molecule is Cc1cccc(N)c1.Nc1cc(SOOO)c(O)c(C(=O)O)c1.Nc1ccccc1O. The normalized spacial score (nSPS) is 9.61. The van der Waals surface area contributed by atoms with E-state index in [1.165, 1.54) is 11.6 Å². The van der Waals surface area contributed by atoms with E-state index in [4.69, 9.17) is 32.7 Å². The van der Waals surface area contributed by atoms with Crippen LogP contribution in [0.2, 0.25) is 0 Å². The van der Waals surface area contributed by atoms with E-state index in [1.807, 2.05) is 31.2 Å². The second kappa shape index (κ2) is 12.8. The molecule has 0 aromatic heterocycles. The van der Waals surface area contributed by atoms with Gasteiger partial charge in [0.25, 0.3) is 0 Å². The van der Waals surface area contributed by atoms with Crippen molar-refractivity contribution in [2.75, 3.05) is 17.2 Å². The minimum absolute atomic E-state index is 0.0152. The Morgan fingerprint density at radius 2 is 1.61 bits per heavy atom. The lowest BCUT2D eigenvalue weighted by atomic mass is 10.2. The van der Waals surface area contributed by atoms with E-state index >= 15 is 0 Å². The van der Waals surface area contributed by atoms with E-state index in [9.17, 15) is 9.90 Å². The molecule has 0 saturated carbocycles. The Balaban J connectivity index is 0.000000253. The fraction of sp³-hybridized carbons (Fsp3) is 0.0500. The average molecular weight is 449 g/mol. The van der Waals surface area contributed by atoms with Crippen molar-refractivity contribution in [3.63, 3.8) is 0 Å². The van der Waals surface area contributed by atoms with Crippen LogP contribution in [0.15, 0.2) is 65.6 Å². The topological polar surface area (TPSA) is 195 Å². The van der Waals surface area contributed by atoms with Crippen LogP contribution in [0.3, 0.4) is 0 Å². The van der Waals surface area contributed by atoms with E-state index in [-0.39, 0.29) is 21.9 Å². The summed E-state index contributed by atoms with van der Waals surface area (Å²) in [7, 11) is 0. The lowest BCUT2D eigenvalue weighted by Gasteiger charge is -2.06. The second-order valence-electron chi connectivity index (χ2n) is 5.92. The summed E-state index contributed by atoms with van der Waals surface area (Å²) in [4.78, 5) is 10.7. The van der Waals surface area contributed by atoms with Crippen LogP contribution in [0.4, 0.5) is 17.1 Å². The molecular formula is C20H23N3O7S. The molecule has 10 nitrogen and oxygen atoms in total. The predicted octanol–water partition coefficient (Wildman–Crippen LogP) is 3.65. The number of aromatic carboxylic acids is 1. The third-order valence-electron chi connectivity index (χ3n) is 3.46. The molecular weight excluding hydrogens is 426 g/mol. The van der Waals surface area contributed by atoms with Gasteiger partial charge in [0.15, 0.2) is 0 Å². The Morgan fingerprint density at radius 1 is 0.935 bits per heavy atom. The van der Waals surface area contributed by atoms with E-state index in [0.717, 1.165) is 11.8 Å². The summed E-state index contributed by atoms with van der Waals surface area (Å²) in [6.07, 6.45) is 0. The number of hydrogen-bond donors (Lipinski definition) is 7. The Labute approximate surface area is 182 Å². The van der Waals surface area contributed by atoms with Gasteiger partial charge >= 0.3 is 5.97 Å². The summed E-state index contributed by atoms with van der Waals surface area (Å²) in [5.41, 5.74) is 18.4. The van der Waals surface area contributed by atoms with Gasteiger partial charge in [0.05, 0.1) is 22.6 Å². The Morgan fingerprint density at radius 3 is 2.06 bits per heavy atom. The molecule has 0 unspecified atom stereocenters. The number of aryl methyl sites for hydroxylation is 1. The number of carboxylic acid groups (broad SMARTS) is 1. The molecule has 0 saturated heterocycles. The van der Waals surface area contributed by atoms with Gasteiger partial charge in [-0.25, -0.2) is 10.1 Å². The van der Waals surface area contributed by atoms with Crippen molar-refractivity contribution < 1.29 is 34.7 Å². The smallest absolute Gasteiger partial charge is 0.339 e. The second-order valence-corrected chi connectivity index (χ2v) is 6.66. The maximum atomic E-state index is 10.7. The highest BCUT2D eigenvalue weighted by Crippen LogP contribution is 2.34. The van der Waals surface area contributed by atoms with Crippen molar-refractivity contribution in [3.05, 3.63) is 71.8 Å². The molecule has 0 spiro atoms. The Hall–Kier alpha value is -3.64. The number of nitrogens with two attached hydrogens (primary N) is 3. The fourth-order valence-electron chi connectivity index (χ4n) is 2.07. The minimum atomic E-state index is -1.33. The number of para-hydroxylation sites is 2. The van der Waals surface area contributed by atoms with E-state index in [1.54, 1.807) is 24.3 Å². The average Bonchev–Trinajstić information content (AvgIpc) is 2.71. The van der Waals surface area contributed by atoms with Gasteiger partial charge in [-0.3, -0.25) is 0 Å². The van der Waals surface area contributed by atoms with Crippen LogP contribution in [-0.4, -0.2) is 26.5 Å². The van der Waals surface area contributed by atoms with Crippen LogP contribution in [0.5, 0.6) is 11.5 Å². The molecule has 3 aromatic carbocycles. The zero-order valence-electron chi connectivity index (χ0n) is 16.4. The molecule has 166 valence electrons. The number of rotatable bonds is 4. The molecule has 0 fully saturated rings. The summed E-state index contributed by atoms with van der Waals surface area (Å²) in [6, 6.07) is 16.9. The third-order valence-corrected chi connectivity index (χ3v) is 4.08. The Bertz CT molecular complexity index is 964. The van der Waals surface area contributed by atoms with E-state index in [2.05, 4.69) is 9.37 Å². The summed E-state index contributed by atoms with van der Waals surface area (Å²) in [5, 5.41) is 38.1. The van der Waals surface area contributed by atoms with Gasteiger partial charge < -0.3 is 32.5 Å². The number of phenols is 2. The number of hydrogen-bond acceptors (Lipinski definition) is 10. The predicted molar refractivity (Wildman–Crippen MR) is 118 cm³/mol. The highest BCUT2D eigenvalue weighted by atomic mass is 32.2. The number of aromatic hydroxyl groups is 2. The van der Waals surface area contributed by atoms with Crippen molar-refractivity contribution in [3.8, 4) is 11.5 Å². The lowest BCUT2D eigenvalue weighted by molar-refractivity contribution is -0.432. The van der Waals surface area contributed by atoms with Gasteiger partial charge in [-0.05, 0) is 48.9 Å². The summed E-state index contributed by atoms with van der Waals surface area (Å²) in [5.74, 6) is -1.70. The van der Waals surface area contributed by atoms with Crippen LogP contribution in [0.1, 0.15) is 15.9 Å². The molecule has 31 heavy (non-hydrogen) atoms. The van der Waals surface area contributed by atoms with Gasteiger partial charge in [-0.1, -0.05) is 29.3 Å². The summed E-state index contributed by atoms with van der Waals surface area (Å²) in [6.45, 7) is 2.02. The first-order valence-corrected chi connectivity index (χ1v) is 9.26. The van der Waals surface area contributed by atoms with Crippen molar-refractivity contribution in [1.29, 1.82) is 0 Å². The van der Waals surface area contributed by atoms with Gasteiger partial charge in [0.2, 0.25) is 0 Å². The van der Waals surface area contributed by atoms with Crippen molar-refractivity contribution in [2.24, 2.45) is 0 Å². The Kier molecular flexibility index (Phi) is 10.5. The number of anilines is 3. The first kappa shape index (κ1) is 25.4. The van der Waals surface area contributed by atoms with Crippen LogP contribution < -0.4 is 17.2 Å². The first-order valence-electron chi connectivity index (χ1n) is 8.51. The summed E-state index contributed by atoms with van der Waals surface area (Å²) < 4.78 is 4.05. The number of nitrogen functional groups attached to an aromatic ring is 3. The number of benzene rings is 3. The molecule has 11 heteroatoms. The van der Waals surface area contributed by atoms with Crippen LogP contribution in [0.25, 0.3) is 0 Å². The van der Waals surface area contributed by atoms with Gasteiger partial charge in [0.1, 0.15) is 17.1 Å². The molecule has 0 atom stereocenters. The minimum Gasteiger partial charge on any atom is -0.506 e. The highest BCUT2D eigenvalue weighted by Gasteiger charge is 2.16. The van der Waals surface area contributed by atoms with Gasteiger partial charge in [0, 0.05) is 11.4 Å².